The van der Waals surface area contributed by atoms with Crippen LogP contribution in [0.3, 0.4) is 0 Å². The van der Waals surface area contributed by atoms with Gasteiger partial charge >= 0.3 is 11.9 Å². The highest BCUT2D eigenvalue weighted by molar-refractivity contribution is 6.01. The summed E-state index contributed by atoms with van der Waals surface area (Å²) in [5, 5.41) is 15.1. The monoisotopic (exact) mass is 520 g/mol. The van der Waals surface area contributed by atoms with E-state index >= 15 is 0 Å². The number of aliphatic carboxylic acids is 1. The second-order valence-corrected chi connectivity index (χ2v) is 8.26. The zero-order valence-corrected chi connectivity index (χ0v) is 20.6. The molecule has 0 saturated carbocycles. The molecule has 4 rings (SSSR count). The fourth-order valence-electron chi connectivity index (χ4n) is 3.95. The van der Waals surface area contributed by atoms with Crippen molar-refractivity contribution >= 4 is 29.3 Å². The van der Waals surface area contributed by atoms with Crippen molar-refractivity contribution in [1.29, 1.82) is 0 Å². The van der Waals surface area contributed by atoms with Crippen molar-refractivity contribution in [3.05, 3.63) is 83.8 Å². The summed E-state index contributed by atoms with van der Waals surface area (Å²) >= 11 is 0. The number of anilines is 1. The molecule has 3 N–H and O–H groups in total. The van der Waals surface area contributed by atoms with Crippen molar-refractivity contribution < 1.29 is 33.4 Å². The molecule has 0 bridgehead atoms. The van der Waals surface area contributed by atoms with E-state index in [1.165, 1.54) is 31.4 Å². The normalized spacial score (nSPS) is 11.6. The minimum atomic E-state index is -1.13. The number of hydrogen-bond donors (Lipinski definition) is 3. The number of fused-ring (bicyclic) bond motifs is 1. The van der Waals surface area contributed by atoms with Gasteiger partial charge in [-0.1, -0.05) is 12.1 Å². The third kappa shape index (κ3) is 5.72. The van der Waals surface area contributed by atoms with Crippen LogP contribution in [-0.4, -0.2) is 53.1 Å². The molecule has 0 spiro atoms. The minimum absolute atomic E-state index is 0.144. The van der Waals surface area contributed by atoms with Crippen LogP contribution in [0.4, 0.5) is 10.2 Å². The number of methoxy groups -OCH3 is 2. The summed E-state index contributed by atoms with van der Waals surface area (Å²) in [7, 11) is 2.83. The van der Waals surface area contributed by atoms with Crippen LogP contribution in [0.2, 0.25) is 0 Å². The molecule has 196 valence electrons. The fourth-order valence-corrected chi connectivity index (χ4v) is 3.95. The second-order valence-electron chi connectivity index (χ2n) is 8.26. The van der Waals surface area contributed by atoms with Gasteiger partial charge in [0.25, 0.3) is 5.91 Å². The lowest BCUT2D eigenvalue weighted by molar-refractivity contribution is -0.139. The highest BCUT2D eigenvalue weighted by Gasteiger charge is 2.23. The zero-order valence-electron chi connectivity index (χ0n) is 20.6. The van der Waals surface area contributed by atoms with Gasteiger partial charge in [-0.15, -0.1) is 0 Å². The number of aromatic nitrogens is 2. The molecule has 1 atom stereocenters. The number of nitrogens with zero attached hydrogens (tertiary/aromatic N) is 2. The van der Waals surface area contributed by atoms with Crippen LogP contribution >= 0.6 is 0 Å². The van der Waals surface area contributed by atoms with Gasteiger partial charge in [-0.05, 0) is 54.1 Å². The summed E-state index contributed by atoms with van der Waals surface area (Å²) in [4.78, 5) is 41.4. The highest BCUT2D eigenvalue weighted by atomic mass is 19.1. The molecule has 0 radical (unpaired) electrons. The Kier molecular flexibility index (Phi) is 7.86. The van der Waals surface area contributed by atoms with Crippen LogP contribution < -0.4 is 15.4 Å². The van der Waals surface area contributed by atoms with Crippen molar-refractivity contribution in [3.63, 3.8) is 0 Å². The number of hydrogen-bond acceptors (Lipinski definition) is 7. The van der Waals surface area contributed by atoms with Gasteiger partial charge in [0, 0.05) is 11.8 Å². The van der Waals surface area contributed by atoms with E-state index in [4.69, 9.17) is 14.5 Å². The average Bonchev–Trinajstić information content (AvgIpc) is 3.30. The Balaban J connectivity index is 1.75. The van der Waals surface area contributed by atoms with Crippen LogP contribution in [0.25, 0.3) is 16.9 Å². The minimum Gasteiger partial charge on any atom is -0.497 e. The lowest BCUT2D eigenvalue weighted by Crippen LogP contribution is -2.30. The van der Waals surface area contributed by atoms with Gasteiger partial charge in [-0.3, -0.25) is 18.8 Å². The molecule has 1 unspecified atom stereocenters. The number of carboxylic acids is 1. The third-order valence-electron chi connectivity index (χ3n) is 5.84. The number of benzene rings is 2. The Morgan fingerprint density at radius 3 is 2.39 bits per heavy atom. The molecule has 11 heteroatoms. The molecule has 0 fully saturated rings. The number of carboxylic acid groups (broad SMARTS) is 1. The Morgan fingerprint density at radius 1 is 1.05 bits per heavy atom. The van der Waals surface area contributed by atoms with Crippen LogP contribution in [-0.2, 0) is 14.3 Å². The van der Waals surface area contributed by atoms with Crippen molar-refractivity contribution in [2.24, 2.45) is 0 Å². The number of carbonyl (C=O) groups excluding carboxylic acids is 2. The highest BCUT2D eigenvalue weighted by Crippen LogP contribution is 2.31. The first-order valence-corrected chi connectivity index (χ1v) is 11.5. The molecule has 1 amide bonds. The largest absolute Gasteiger partial charge is 0.497 e. The number of nitrogens with one attached hydrogen (secondary N) is 2. The number of esters is 1. The van der Waals surface area contributed by atoms with E-state index in [0.717, 1.165) is 0 Å². The number of halogens is 1. The molecule has 0 aliphatic heterocycles. The maximum atomic E-state index is 13.4. The Labute approximate surface area is 217 Å². The number of rotatable bonds is 10. The van der Waals surface area contributed by atoms with Crippen LogP contribution in [0.15, 0.2) is 66.9 Å². The first-order valence-electron chi connectivity index (χ1n) is 11.5. The van der Waals surface area contributed by atoms with Gasteiger partial charge in [0.1, 0.15) is 29.6 Å². The summed E-state index contributed by atoms with van der Waals surface area (Å²) in [5.74, 6) is -1.58. The molecule has 0 aliphatic rings. The molecule has 2 heterocycles. The number of carbonyl (C=O) groups is 3. The molecule has 2 aromatic heterocycles. The van der Waals surface area contributed by atoms with Crippen molar-refractivity contribution in [2.45, 2.75) is 12.5 Å². The average molecular weight is 521 g/mol. The van der Waals surface area contributed by atoms with E-state index in [9.17, 15) is 23.9 Å². The van der Waals surface area contributed by atoms with Gasteiger partial charge in [-0.25, -0.2) is 9.37 Å². The zero-order chi connectivity index (χ0) is 27.2. The third-order valence-corrected chi connectivity index (χ3v) is 5.84. The molecule has 10 nitrogen and oxygen atoms in total. The van der Waals surface area contributed by atoms with Crippen LogP contribution in [0.5, 0.6) is 5.75 Å². The Hall–Kier alpha value is -4.93. The molecule has 38 heavy (non-hydrogen) atoms. The molecular formula is C27H25FN4O6. The van der Waals surface area contributed by atoms with Gasteiger partial charge in [0.05, 0.1) is 32.2 Å². The van der Waals surface area contributed by atoms with Crippen molar-refractivity contribution in [1.82, 2.24) is 14.7 Å². The Morgan fingerprint density at radius 2 is 1.76 bits per heavy atom. The lowest BCUT2D eigenvalue weighted by Gasteiger charge is -2.18. The quantitative estimate of drug-likeness (QED) is 0.270. The topological polar surface area (TPSA) is 131 Å². The number of amides is 1. The van der Waals surface area contributed by atoms with E-state index in [2.05, 4.69) is 10.6 Å². The lowest BCUT2D eigenvalue weighted by atomic mass is 10.0. The summed E-state index contributed by atoms with van der Waals surface area (Å²) in [6.45, 7) is -0.144. The molecule has 4 aromatic rings. The van der Waals surface area contributed by atoms with E-state index < -0.39 is 36.1 Å². The van der Waals surface area contributed by atoms with Crippen molar-refractivity contribution in [2.75, 3.05) is 26.1 Å². The predicted octanol–water partition coefficient (Wildman–Crippen LogP) is 3.68. The molecule has 2 aromatic carbocycles. The van der Waals surface area contributed by atoms with Gasteiger partial charge < -0.3 is 25.2 Å². The smallest absolute Gasteiger partial charge is 0.325 e. The number of pyridine rings is 1. The predicted molar refractivity (Wildman–Crippen MR) is 137 cm³/mol. The maximum absolute atomic E-state index is 13.4. The first kappa shape index (κ1) is 26.1. The fraction of sp³-hybridized carbons (Fsp3) is 0.185. The molecule has 0 saturated heterocycles. The van der Waals surface area contributed by atoms with Gasteiger partial charge in [0.15, 0.2) is 5.65 Å². The summed E-state index contributed by atoms with van der Waals surface area (Å²) in [6, 6.07) is 14.6. The van der Waals surface area contributed by atoms with Gasteiger partial charge in [-0.2, -0.15) is 0 Å². The standard InChI is InChI=1S/C27H25FN4O6/c1-37-19-11-7-17(8-12-19)24-26(29-15-23(35)38-2)32-13-3-4-20(25(32)31-24)27(36)30-21(14-22(33)34)16-5-9-18(28)10-6-16/h3-13,21,29H,14-15H2,1-2H3,(H,30,36)(H,33,34). The summed E-state index contributed by atoms with van der Waals surface area (Å²) in [6.07, 6.45) is 1.28. The summed E-state index contributed by atoms with van der Waals surface area (Å²) < 4.78 is 25.0. The van der Waals surface area contributed by atoms with Crippen LogP contribution in [0, 0.1) is 5.82 Å². The second kappa shape index (κ2) is 11.4. The SMILES string of the molecule is COC(=O)CNc1c(-c2ccc(OC)cc2)nc2c(C(=O)NC(CC(=O)O)c3ccc(F)cc3)cccn12. The Bertz CT molecular complexity index is 1470. The van der Waals surface area contributed by atoms with E-state index in [-0.39, 0.29) is 17.8 Å². The van der Waals surface area contributed by atoms with E-state index in [1.54, 1.807) is 54.1 Å². The first-order chi connectivity index (χ1) is 18.3. The summed E-state index contributed by atoms with van der Waals surface area (Å²) in [5.41, 5.74) is 2.06. The molecule has 0 aliphatic carbocycles. The number of ether oxygens (including phenoxy) is 2. The van der Waals surface area contributed by atoms with Gasteiger partial charge in [0.2, 0.25) is 0 Å². The maximum Gasteiger partial charge on any atom is 0.325 e. The molecular weight excluding hydrogens is 495 g/mol. The van der Waals surface area contributed by atoms with Crippen LogP contribution in [0.1, 0.15) is 28.4 Å². The number of imidazole rings is 1. The van der Waals surface area contributed by atoms with Crippen molar-refractivity contribution in [3.8, 4) is 17.0 Å². The van der Waals surface area contributed by atoms with E-state index in [1.807, 2.05) is 0 Å². The van der Waals surface area contributed by atoms with E-state index in [0.29, 0.717) is 28.4 Å².